The minimum atomic E-state index is -0.575. The average Bonchev–Trinajstić information content (AvgIpc) is 2.82. The van der Waals surface area contributed by atoms with Crippen LogP contribution in [0.25, 0.3) is 5.69 Å². The van der Waals surface area contributed by atoms with Gasteiger partial charge in [0.1, 0.15) is 11.3 Å². The number of methoxy groups -OCH3 is 1. The van der Waals surface area contributed by atoms with Gasteiger partial charge in [-0.25, -0.2) is 9.48 Å². The number of aldehydes is 1. The van der Waals surface area contributed by atoms with E-state index in [1.54, 1.807) is 12.1 Å². The summed E-state index contributed by atoms with van der Waals surface area (Å²) in [6, 6.07) is 9.09. The van der Waals surface area contributed by atoms with Crippen LogP contribution in [0.2, 0.25) is 0 Å². The molecule has 5 heteroatoms. The molecule has 0 radical (unpaired) electrons. The van der Waals surface area contributed by atoms with E-state index >= 15 is 0 Å². The second-order valence-electron chi connectivity index (χ2n) is 3.30. The zero-order valence-corrected chi connectivity index (χ0v) is 9.16. The standard InChI is InChI=1S/C12H10N2O3/c1-17-12(16)10-7-13-14(11(10)8-15)9-5-3-2-4-6-9/h2-8H,1H3. The summed E-state index contributed by atoms with van der Waals surface area (Å²) in [6.45, 7) is 0. The Labute approximate surface area is 97.6 Å². The Morgan fingerprint density at radius 1 is 1.35 bits per heavy atom. The molecule has 0 amide bonds. The van der Waals surface area contributed by atoms with Crippen molar-refractivity contribution in [1.29, 1.82) is 0 Å². The predicted octanol–water partition coefficient (Wildman–Crippen LogP) is 1.47. The molecule has 2 aromatic rings. The molecule has 0 saturated carbocycles. The Morgan fingerprint density at radius 2 is 2.06 bits per heavy atom. The van der Waals surface area contributed by atoms with Crippen LogP contribution in [0.5, 0.6) is 0 Å². The average molecular weight is 230 g/mol. The highest BCUT2D eigenvalue weighted by Crippen LogP contribution is 2.13. The van der Waals surface area contributed by atoms with E-state index < -0.39 is 5.97 Å². The topological polar surface area (TPSA) is 61.2 Å². The molecule has 17 heavy (non-hydrogen) atoms. The minimum Gasteiger partial charge on any atom is -0.465 e. The molecule has 0 bridgehead atoms. The first kappa shape index (κ1) is 11.1. The van der Waals surface area contributed by atoms with Crippen molar-refractivity contribution in [3.05, 3.63) is 47.8 Å². The highest BCUT2D eigenvalue weighted by molar-refractivity contribution is 5.97. The van der Waals surface area contributed by atoms with Crippen LogP contribution in [0.1, 0.15) is 20.8 Å². The summed E-state index contributed by atoms with van der Waals surface area (Å²) in [5, 5.41) is 4.01. The van der Waals surface area contributed by atoms with Crippen molar-refractivity contribution in [2.45, 2.75) is 0 Å². The number of hydrogen-bond donors (Lipinski definition) is 0. The summed E-state index contributed by atoms with van der Waals surface area (Å²) in [5.41, 5.74) is 1.05. The first-order valence-corrected chi connectivity index (χ1v) is 4.95. The van der Waals surface area contributed by atoms with E-state index in [1.807, 2.05) is 18.2 Å². The zero-order valence-electron chi connectivity index (χ0n) is 9.16. The number of aromatic nitrogens is 2. The van der Waals surface area contributed by atoms with Crippen LogP contribution in [0.4, 0.5) is 0 Å². The summed E-state index contributed by atoms with van der Waals surface area (Å²) in [7, 11) is 1.26. The maximum atomic E-state index is 11.4. The van der Waals surface area contributed by atoms with E-state index in [0.717, 1.165) is 0 Å². The number of carbonyl (C=O) groups excluding carboxylic acids is 2. The molecule has 5 nitrogen and oxygen atoms in total. The second kappa shape index (κ2) is 4.61. The molecular weight excluding hydrogens is 220 g/mol. The lowest BCUT2D eigenvalue weighted by atomic mass is 10.2. The molecule has 0 unspecified atom stereocenters. The van der Waals surface area contributed by atoms with Crippen LogP contribution < -0.4 is 0 Å². The van der Waals surface area contributed by atoms with Crippen LogP contribution in [0.15, 0.2) is 36.5 Å². The van der Waals surface area contributed by atoms with Crippen molar-refractivity contribution in [2.24, 2.45) is 0 Å². The van der Waals surface area contributed by atoms with E-state index in [2.05, 4.69) is 9.84 Å². The molecule has 86 valence electrons. The number of esters is 1. The van der Waals surface area contributed by atoms with Gasteiger partial charge in [-0.1, -0.05) is 18.2 Å². The molecule has 0 atom stereocenters. The predicted molar refractivity (Wildman–Crippen MR) is 60.3 cm³/mol. The first-order valence-electron chi connectivity index (χ1n) is 4.95. The van der Waals surface area contributed by atoms with Crippen molar-refractivity contribution in [2.75, 3.05) is 7.11 Å². The smallest absolute Gasteiger partial charge is 0.341 e. The highest BCUT2D eigenvalue weighted by atomic mass is 16.5. The van der Waals surface area contributed by atoms with Gasteiger partial charge in [0, 0.05) is 0 Å². The fourth-order valence-electron chi connectivity index (χ4n) is 1.51. The summed E-state index contributed by atoms with van der Waals surface area (Å²) in [4.78, 5) is 22.4. The number of benzene rings is 1. The Balaban J connectivity index is 2.54. The number of rotatable bonds is 3. The van der Waals surface area contributed by atoms with Gasteiger partial charge < -0.3 is 4.74 Å². The molecule has 0 N–H and O–H groups in total. The van der Waals surface area contributed by atoms with Crippen LogP contribution in [0.3, 0.4) is 0 Å². The van der Waals surface area contributed by atoms with Crippen LogP contribution in [0, 0.1) is 0 Å². The first-order chi connectivity index (χ1) is 8.27. The van der Waals surface area contributed by atoms with Gasteiger partial charge in [0.2, 0.25) is 0 Å². The highest BCUT2D eigenvalue weighted by Gasteiger charge is 2.17. The third-order valence-corrected chi connectivity index (χ3v) is 2.32. The van der Waals surface area contributed by atoms with Crippen molar-refractivity contribution in [3.8, 4) is 5.69 Å². The maximum absolute atomic E-state index is 11.4. The summed E-state index contributed by atoms with van der Waals surface area (Å²) < 4.78 is 5.98. The van der Waals surface area contributed by atoms with E-state index in [1.165, 1.54) is 18.0 Å². The SMILES string of the molecule is COC(=O)c1cnn(-c2ccccc2)c1C=O. The van der Waals surface area contributed by atoms with Gasteiger partial charge in [0.15, 0.2) is 6.29 Å². The molecule has 0 saturated heterocycles. The lowest BCUT2D eigenvalue weighted by molar-refractivity contribution is 0.0598. The van der Waals surface area contributed by atoms with E-state index in [-0.39, 0.29) is 11.3 Å². The Hall–Kier alpha value is -2.43. The van der Waals surface area contributed by atoms with Crippen LogP contribution in [-0.4, -0.2) is 29.1 Å². The molecular formula is C12H10N2O3. The Kier molecular flexibility index (Phi) is 3.00. The van der Waals surface area contributed by atoms with Gasteiger partial charge in [0.05, 0.1) is 19.0 Å². The van der Waals surface area contributed by atoms with Gasteiger partial charge >= 0.3 is 5.97 Å². The zero-order chi connectivity index (χ0) is 12.3. The Morgan fingerprint density at radius 3 is 2.65 bits per heavy atom. The number of ether oxygens (including phenoxy) is 1. The van der Waals surface area contributed by atoms with Crippen molar-refractivity contribution < 1.29 is 14.3 Å². The summed E-state index contributed by atoms with van der Waals surface area (Å²) in [6.07, 6.45) is 1.91. The summed E-state index contributed by atoms with van der Waals surface area (Å²) in [5.74, 6) is -0.575. The molecule has 1 aromatic carbocycles. The normalized spacial score (nSPS) is 9.94. The quantitative estimate of drug-likeness (QED) is 0.591. The number of para-hydroxylation sites is 1. The lowest BCUT2D eigenvalue weighted by Crippen LogP contribution is -2.07. The number of nitrogens with zero attached hydrogens (tertiary/aromatic N) is 2. The monoisotopic (exact) mass is 230 g/mol. The fourth-order valence-corrected chi connectivity index (χ4v) is 1.51. The van der Waals surface area contributed by atoms with Gasteiger partial charge in [0.25, 0.3) is 0 Å². The molecule has 1 aromatic heterocycles. The number of hydrogen-bond acceptors (Lipinski definition) is 4. The second-order valence-corrected chi connectivity index (χ2v) is 3.30. The summed E-state index contributed by atoms with van der Waals surface area (Å²) >= 11 is 0. The van der Waals surface area contributed by atoms with Crippen LogP contribution >= 0.6 is 0 Å². The van der Waals surface area contributed by atoms with Crippen molar-refractivity contribution in [1.82, 2.24) is 9.78 Å². The van der Waals surface area contributed by atoms with Gasteiger partial charge in [-0.2, -0.15) is 5.10 Å². The molecule has 0 aliphatic rings. The lowest BCUT2D eigenvalue weighted by Gasteiger charge is -2.03. The van der Waals surface area contributed by atoms with Gasteiger partial charge in [-0.15, -0.1) is 0 Å². The maximum Gasteiger partial charge on any atom is 0.341 e. The third kappa shape index (κ3) is 1.94. The largest absolute Gasteiger partial charge is 0.465 e. The van der Waals surface area contributed by atoms with E-state index in [0.29, 0.717) is 12.0 Å². The van der Waals surface area contributed by atoms with Gasteiger partial charge in [-0.3, -0.25) is 4.79 Å². The number of carbonyl (C=O) groups is 2. The Bertz CT molecular complexity index is 546. The minimum absolute atomic E-state index is 0.159. The third-order valence-electron chi connectivity index (χ3n) is 2.32. The van der Waals surface area contributed by atoms with E-state index in [4.69, 9.17) is 0 Å². The van der Waals surface area contributed by atoms with Crippen molar-refractivity contribution >= 4 is 12.3 Å². The van der Waals surface area contributed by atoms with Crippen molar-refractivity contribution in [3.63, 3.8) is 0 Å². The molecule has 0 fully saturated rings. The molecule has 0 spiro atoms. The molecule has 0 aliphatic carbocycles. The van der Waals surface area contributed by atoms with Gasteiger partial charge in [-0.05, 0) is 12.1 Å². The molecule has 1 heterocycles. The van der Waals surface area contributed by atoms with E-state index in [9.17, 15) is 9.59 Å². The molecule has 0 aliphatic heterocycles. The fraction of sp³-hybridized carbons (Fsp3) is 0.0833. The van der Waals surface area contributed by atoms with Crippen LogP contribution in [-0.2, 0) is 4.74 Å². The molecule has 2 rings (SSSR count).